The molecular formula is C16H10O5. The van der Waals surface area contributed by atoms with Gasteiger partial charge in [0.1, 0.15) is 23.7 Å². The molecule has 0 amide bonds. The lowest BCUT2D eigenvalue weighted by molar-refractivity contribution is 0.492. The number of benzene rings is 2. The van der Waals surface area contributed by atoms with E-state index in [0.717, 1.165) is 6.26 Å². The summed E-state index contributed by atoms with van der Waals surface area (Å²) in [5.74, 6) is 0. The summed E-state index contributed by atoms with van der Waals surface area (Å²) in [7, 11) is 0. The van der Waals surface area contributed by atoms with Crippen LogP contribution >= 0.6 is 0 Å². The van der Waals surface area contributed by atoms with Gasteiger partial charge in [-0.2, -0.15) is 0 Å². The molecule has 5 nitrogen and oxygen atoms in total. The second-order valence-corrected chi connectivity index (χ2v) is 4.24. The molecule has 0 aliphatic rings. The minimum atomic E-state index is -0.588. The Morgan fingerprint density at radius 3 is 2.19 bits per heavy atom. The van der Waals surface area contributed by atoms with Gasteiger partial charge in [0, 0.05) is 6.07 Å². The van der Waals surface area contributed by atoms with Crippen LogP contribution in [0.4, 0.5) is 0 Å². The van der Waals surface area contributed by atoms with E-state index in [1.165, 1.54) is 12.3 Å². The summed E-state index contributed by atoms with van der Waals surface area (Å²) in [4.78, 5) is 23.9. The lowest BCUT2D eigenvalue weighted by atomic mass is 10.2. The van der Waals surface area contributed by atoms with Crippen LogP contribution in [0, 0.1) is 0 Å². The summed E-state index contributed by atoms with van der Waals surface area (Å²) in [5, 5.41) is 0.513. The standard InChI is InChI=1S/C16H10O5/c17-15-11-3-1-4-12(9-11)16(18)21-14-6-2-5-13(10-14)19-7-8-20-15/h1-10H. The van der Waals surface area contributed by atoms with Gasteiger partial charge in [0.15, 0.2) is 0 Å². The average Bonchev–Trinajstić information content (AvgIpc) is 2.51. The van der Waals surface area contributed by atoms with Gasteiger partial charge in [-0.05, 0) is 30.3 Å². The molecule has 0 aliphatic carbocycles. The zero-order valence-corrected chi connectivity index (χ0v) is 10.8. The van der Waals surface area contributed by atoms with Crippen molar-refractivity contribution in [1.82, 2.24) is 0 Å². The summed E-state index contributed by atoms with van der Waals surface area (Å²) in [6, 6.07) is 12.7. The highest BCUT2D eigenvalue weighted by Crippen LogP contribution is 2.06. The molecule has 0 saturated heterocycles. The zero-order chi connectivity index (χ0) is 14.7. The molecule has 0 atom stereocenters. The second-order valence-electron chi connectivity index (χ2n) is 4.24. The molecule has 3 rings (SSSR count). The first kappa shape index (κ1) is 12.9. The summed E-state index contributed by atoms with van der Waals surface area (Å²) in [6.07, 6.45) is 2.38. The molecule has 0 spiro atoms. The molecule has 0 unspecified atom stereocenters. The lowest BCUT2D eigenvalue weighted by Gasteiger charge is -1.88. The molecule has 5 heteroatoms. The predicted octanol–water partition coefficient (Wildman–Crippen LogP) is 3.18. The third-order valence-electron chi connectivity index (χ3n) is 2.78. The summed E-state index contributed by atoms with van der Waals surface area (Å²) in [6.45, 7) is 0. The van der Waals surface area contributed by atoms with E-state index in [2.05, 4.69) is 0 Å². The van der Waals surface area contributed by atoms with Crippen molar-refractivity contribution in [2.75, 3.05) is 0 Å². The van der Waals surface area contributed by atoms with Gasteiger partial charge in [-0.25, -0.2) is 9.59 Å². The van der Waals surface area contributed by atoms with Crippen LogP contribution in [0.25, 0.3) is 21.9 Å². The summed E-state index contributed by atoms with van der Waals surface area (Å²) in [5.41, 5.74) is -0.342. The SMILES string of the molecule is O=c1occoc2cccc(c2)oc(=O)c2cccc1c2. The molecule has 0 N–H and O–H groups in total. The fraction of sp³-hybridized carbons (Fsp3) is 0. The average molecular weight is 282 g/mol. The molecule has 104 valence electrons. The van der Waals surface area contributed by atoms with Gasteiger partial charge in [-0.15, -0.1) is 0 Å². The van der Waals surface area contributed by atoms with Crippen molar-refractivity contribution in [1.29, 1.82) is 0 Å². The molecule has 0 aliphatic heterocycles. The van der Waals surface area contributed by atoms with Crippen molar-refractivity contribution in [2.24, 2.45) is 0 Å². The number of rotatable bonds is 0. The van der Waals surface area contributed by atoms with Crippen LogP contribution in [0.5, 0.6) is 0 Å². The summed E-state index contributed by atoms with van der Waals surface area (Å²) < 4.78 is 15.4. The maximum atomic E-state index is 12.1. The molecule has 2 aromatic carbocycles. The van der Waals surface area contributed by atoms with Crippen LogP contribution in [-0.4, -0.2) is 0 Å². The Morgan fingerprint density at radius 1 is 0.667 bits per heavy atom. The van der Waals surface area contributed by atoms with Gasteiger partial charge < -0.3 is 13.3 Å². The second kappa shape index (κ2) is 5.50. The number of hydrogen-bond acceptors (Lipinski definition) is 5. The lowest BCUT2D eigenvalue weighted by Crippen LogP contribution is -1.98. The Kier molecular flexibility index (Phi) is 3.39. The zero-order valence-electron chi connectivity index (χ0n) is 10.8. The normalized spacial score (nSPS) is 10.3. The van der Waals surface area contributed by atoms with E-state index in [9.17, 15) is 9.59 Å². The van der Waals surface area contributed by atoms with Gasteiger partial charge in [0.25, 0.3) is 0 Å². The van der Waals surface area contributed by atoms with Crippen molar-refractivity contribution < 1.29 is 13.3 Å². The van der Waals surface area contributed by atoms with Gasteiger partial charge >= 0.3 is 11.3 Å². The van der Waals surface area contributed by atoms with E-state index in [0.29, 0.717) is 11.2 Å². The summed E-state index contributed by atoms with van der Waals surface area (Å²) >= 11 is 0. The minimum Gasteiger partial charge on any atom is -0.462 e. The third kappa shape index (κ3) is 2.92. The van der Waals surface area contributed by atoms with E-state index >= 15 is 0 Å². The molecule has 21 heavy (non-hydrogen) atoms. The number of hydrogen-bond donors (Lipinski definition) is 0. The number of fused-ring (bicyclic) bond motifs is 4. The van der Waals surface area contributed by atoms with Crippen molar-refractivity contribution in [2.45, 2.75) is 0 Å². The highest BCUT2D eigenvalue weighted by molar-refractivity contribution is 5.64. The first-order chi connectivity index (χ1) is 10.2. The minimum absolute atomic E-state index is 0.250. The maximum absolute atomic E-state index is 12.1. The third-order valence-corrected chi connectivity index (χ3v) is 2.78. The highest BCUT2D eigenvalue weighted by atomic mass is 16.4. The molecule has 0 radical (unpaired) electrons. The van der Waals surface area contributed by atoms with Crippen molar-refractivity contribution >= 4 is 21.9 Å². The smallest absolute Gasteiger partial charge is 0.343 e. The topological polar surface area (TPSA) is 73.6 Å². The van der Waals surface area contributed by atoms with Crippen LogP contribution in [0.2, 0.25) is 0 Å². The van der Waals surface area contributed by atoms with Gasteiger partial charge in [-0.1, -0.05) is 12.1 Å². The van der Waals surface area contributed by atoms with Gasteiger partial charge in [0.05, 0.1) is 10.8 Å². The van der Waals surface area contributed by atoms with E-state index in [1.54, 1.807) is 42.5 Å². The Morgan fingerprint density at radius 2 is 1.33 bits per heavy atom. The first-order valence-electron chi connectivity index (χ1n) is 6.17. The van der Waals surface area contributed by atoms with Gasteiger partial charge in [-0.3, -0.25) is 0 Å². The Hall–Kier alpha value is -3.08. The van der Waals surface area contributed by atoms with Crippen molar-refractivity contribution in [3.05, 3.63) is 81.9 Å². The van der Waals surface area contributed by atoms with Crippen LogP contribution in [0.1, 0.15) is 0 Å². The highest BCUT2D eigenvalue weighted by Gasteiger charge is 1.96. The van der Waals surface area contributed by atoms with Crippen LogP contribution in [0.15, 0.2) is 83.9 Å². The largest absolute Gasteiger partial charge is 0.462 e. The van der Waals surface area contributed by atoms with Crippen LogP contribution in [0.3, 0.4) is 0 Å². The quantitative estimate of drug-likeness (QED) is 0.633. The van der Waals surface area contributed by atoms with E-state index < -0.39 is 11.3 Å². The monoisotopic (exact) mass is 282 g/mol. The predicted molar refractivity (Wildman–Crippen MR) is 77.2 cm³/mol. The molecule has 4 bridgehead atoms. The fourth-order valence-corrected chi connectivity index (χ4v) is 1.81. The molecule has 3 aromatic rings. The molecule has 1 heterocycles. The van der Waals surface area contributed by atoms with Crippen molar-refractivity contribution in [3.8, 4) is 0 Å². The van der Waals surface area contributed by atoms with E-state index in [4.69, 9.17) is 13.3 Å². The van der Waals surface area contributed by atoms with Crippen molar-refractivity contribution in [3.63, 3.8) is 0 Å². The van der Waals surface area contributed by atoms with E-state index in [-0.39, 0.29) is 10.8 Å². The Bertz CT molecular complexity index is 990. The Labute approximate surface area is 118 Å². The first-order valence-corrected chi connectivity index (χ1v) is 6.17. The van der Waals surface area contributed by atoms with Crippen LogP contribution < -0.4 is 11.3 Å². The fourth-order valence-electron chi connectivity index (χ4n) is 1.81. The Balaban J connectivity index is 2.52. The maximum Gasteiger partial charge on any atom is 0.343 e. The molecule has 0 saturated carbocycles. The molecule has 0 fully saturated rings. The van der Waals surface area contributed by atoms with Crippen LogP contribution in [-0.2, 0) is 0 Å². The molecule has 1 aromatic heterocycles. The van der Waals surface area contributed by atoms with E-state index in [1.807, 2.05) is 0 Å². The van der Waals surface area contributed by atoms with Gasteiger partial charge in [0.2, 0.25) is 0 Å². The molecular weight excluding hydrogens is 272 g/mol.